The van der Waals surface area contributed by atoms with Crippen LogP contribution in [0.3, 0.4) is 0 Å². The molecule has 62 valence electrons. The van der Waals surface area contributed by atoms with Gasteiger partial charge in [-0.05, 0) is 18.2 Å². The van der Waals surface area contributed by atoms with Crippen molar-refractivity contribution in [2.75, 3.05) is 0 Å². The molecule has 0 aliphatic heterocycles. The van der Waals surface area contributed by atoms with Crippen LogP contribution in [0, 0.1) is 5.82 Å². The summed E-state index contributed by atoms with van der Waals surface area (Å²) in [6, 6.07) is 4.55. The molecule has 0 aromatic carbocycles. The summed E-state index contributed by atoms with van der Waals surface area (Å²) in [7, 11) is 0. The summed E-state index contributed by atoms with van der Waals surface area (Å²) in [5, 5.41) is 4.10. The van der Waals surface area contributed by atoms with Gasteiger partial charge in [-0.25, -0.2) is 8.91 Å². The Morgan fingerprint density at radius 3 is 3.08 bits per heavy atom. The molecule has 0 spiro atoms. The van der Waals surface area contributed by atoms with E-state index in [1.165, 1.54) is 12.1 Å². The zero-order valence-electron chi connectivity index (χ0n) is 6.37. The zero-order valence-corrected chi connectivity index (χ0v) is 6.37. The predicted molar refractivity (Wildman–Crippen MR) is 43.0 cm³/mol. The highest BCUT2D eigenvalue weighted by molar-refractivity contribution is 5.47. The van der Waals surface area contributed by atoms with Crippen LogP contribution < -0.4 is 5.73 Å². The minimum absolute atomic E-state index is 0.258. The first-order valence-corrected chi connectivity index (χ1v) is 3.63. The molecule has 0 bridgehead atoms. The van der Waals surface area contributed by atoms with Gasteiger partial charge in [0.1, 0.15) is 5.82 Å². The number of halogens is 1. The molecule has 0 atom stereocenters. The number of nitrogens with zero attached hydrogens (tertiary/aromatic N) is 2. The fourth-order valence-corrected chi connectivity index (χ4v) is 1.12. The maximum Gasteiger partial charge on any atom is 0.126 e. The van der Waals surface area contributed by atoms with Gasteiger partial charge in [-0.1, -0.05) is 0 Å². The number of aromatic nitrogens is 2. The molecule has 0 aliphatic rings. The van der Waals surface area contributed by atoms with Gasteiger partial charge in [0.2, 0.25) is 0 Å². The quantitative estimate of drug-likeness (QED) is 0.683. The zero-order chi connectivity index (χ0) is 8.55. The monoisotopic (exact) mass is 165 g/mol. The summed E-state index contributed by atoms with van der Waals surface area (Å²) in [5.41, 5.74) is 6.88. The van der Waals surface area contributed by atoms with Gasteiger partial charge in [0.25, 0.3) is 0 Å². The largest absolute Gasteiger partial charge is 0.325 e. The molecule has 0 unspecified atom stereocenters. The Hall–Kier alpha value is -1.42. The topological polar surface area (TPSA) is 43.3 Å². The van der Waals surface area contributed by atoms with E-state index in [0.717, 1.165) is 11.2 Å². The van der Waals surface area contributed by atoms with Crippen molar-refractivity contribution in [2.45, 2.75) is 6.54 Å². The molecule has 0 aliphatic carbocycles. The van der Waals surface area contributed by atoms with E-state index in [1.807, 2.05) is 0 Å². The summed E-state index contributed by atoms with van der Waals surface area (Å²) in [4.78, 5) is 0. The van der Waals surface area contributed by atoms with Crippen molar-refractivity contribution >= 4 is 5.52 Å². The van der Waals surface area contributed by atoms with E-state index >= 15 is 0 Å². The molecule has 0 saturated heterocycles. The fraction of sp³-hybridized carbons (Fsp3) is 0.125. The van der Waals surface area contributed by atoms with Gasteiger partial charge in [0, 0.05) is 12.7 Å². The van der Waals surface area contributed by atoms with Crippen LogP contribution in [0.25, 0.3) is 5.52 Å². The van der Waals surface area contributed by atoms with Gasteiger partial charge in [0.15, 0.2) is 0 Å². The Morgan fingerprint density at radius 2 is 2.33 bits per heavy atom. The first-order chi connectivity index (χ1) is 5.79. The summed E-state index contributed by atoms with van der Waals surface area (Å²) >= 11 is 0. The third-order valence-corrected chi connectivity index (χ3v) is 1.69. The van der Waals surface area contributed by atoms with E-state index in [0.29, 0.717) is 6.54 Å². The number of nitrogens with two attached hydrogens (primary N) is 1. The molecular weight excluding hydrogens is 157 g/mol. The molecule has 2 aromatic heterocycles. The lowest BCUT2D eigenvalue weighted by Crippen LogP contribution is -1.96. The molecule has 2 N–H and O–H groups in total. The van der Waals surface area contributed by atoms with Gasteiger partial charge in [-0.15, -0.1) is 0 Å². The summed E-state index contributed by atoms with van der Waals surface area (Å²) < 4.78 is 14.3. The van der Waals surface area contributed by atoms with Crippen LogP contribution in [0.1, 0.15) is 5.69 Å². The number of hydrogen-bond acceptors (Lipinski definition) is 2. The van der Waals surface area contributed by atoms with E-state index in [4.69, 9.17) is 5.73 Å². The first kappa shape index (κ1) is 7.24. The maximum atomic E-state index is 12.7. The van der Waals surface area contributed by atoms with E-state index in [-0.39, 0.29) is 5.82 Å². The number of pyridine rings is 1. The summed E-state index contributed by atoms with van der Waals surface area (Å²) in [6.07, 6.45) is 1.57. The Kier molecular flexibility index (Phi) is 1.55. The molecule has 2 aromatic rings. The van der Waals surface area contributed by atoms with E-state index in [9.17, 15) is 4.39 Å². The Bertz CT molecular complexity index is 408. The molecule has 0 amide bonds. The number of hydrogen-bond donors (Lipinski definition) is 1. The highest BCUT2D eigenvalue weighted by Gasteiger charge is 1.99. The average Bonchev–Trinajstić information content (AvgIpc) is 2.46. The van der Waals surface area contributed by atoms with Crippen molar-refractivity contribution in [2.24, 2.45) is 5.73 Å². The Labute approximate surface area is 68.6 Å². The third-order valence-electron chi connectivity index (χ3n) is 1.69. The lowest BCUT2D eigenvalue weighted by molar-refractivity contribution is 0.625. The predicted octanol–water partition coefficient (Wildman–Crippen LogP) is 0.932. The summed E-state index contributed by atoms with van der Waals surface area (Å²) in [6.45, 7) is 0.378. The smallest absolute Gasteiger partial charge is 0.126 e. The van der Waals surface area contributed by atoms with Gasteiger partial charge in [-0.2, -0.15) is 5.10 Å². The normalized spacial score (nSPS) is 10.8. The van der Waals surface area contributed by atoms with Crippen LogP contribution in [0.15, 0.2) is 24.4 Å². The van der Waals surface area contributed by atoms with Crippen molar-refractivity contribution in [3.8, 4) is 0 Å². The van der Waals surface area contributed by atoms with Crippen LogP contribution in [-0.2, 0) is 6.54 Å². The van der Waals surface area contributed by atoms with Crippen molar-refractivity contribution in [3.05, 3.63) is 35.9 Å². The minimum atomic E-state index is -0.258. The minimum Gasteiger partial charge on any atom is -0.325 e. The van der Waals surface area contributed by atoms with E-state index in [1.54, 1.807) is 16.8 Å². The molecular formula is C8H8FN3. The lowest BCUT2D eigenvalue weighted by atomic mass is 10.3. The Morgan fingerprint density at radius 1 is 1.50 bits per heavy atom. The van der Waals surface area contributed by atoms with E-state index in [2.05, 4.69) is 5.10 Å². The van der Waals surface area contributed by atoms with Crippen molar-refractivity contribution in [1.82, 2.24) is 9.61 Å². The van der Waals surface area contributed by atoms with Gasteiger partial charge in [-0.3, -0.25) is 0 Å². The van der Waals surface area contributed by atoms with Gasteiger partial charge in [0.05, 0.1) is 11.2 Å². The van der Waals surface area contributed by atoms with E-state index < -0.39 is 0 Å². The second-order valence-corrected chi connectivity index (χ2v) is 2.55. The molecule has 4 heteroatoms. The molecule has 3 nitrogen and oxygen atoms in total. The highest BCUT2D eigenvalue weighted by atomic mass is 19.1. The molecule has 12 heavy (non-hydrogen) atoms. The van der Waals surface area contributed by atoms with Crippen molar-refractivity contribution in [3.63, 3.8) is 0 Å². The highest BCUT2D eigenvalue weighted by Crippen LogP contribution is 2.07. The average molecular weight is 165 g/mol. The van der Waals surface area contributed by atoms with Crippen LogP contribution in [0.4, 0.5) is 4.39 Å². The Balaban J connectivity index is 2.67. The second kappa shape index (κ2) is 2.57. The van der Waals surface area contributed by atoms with Crippen LogP contribution >= 0.6 is 0 Å². The molecule has 0 saturated carbocycles. The van der Waals surface area contributed by atoms with Gasteiger partial charge < -0.3 is 5.73 Å². The molecule has 0 fully saturated rings. The lowest BCUT2D eigenvalue weighted by Gasteiger charge is -1.90. The standard InChI is InChI=1S/C8H8FN3/c9-6-1-2-12-8(3-6)4-7(5-10)11-12/h1-4H,5,10H2. The molecule has 0 radical (unpaired) electrons. The van der Waals surface area contributed by atoms with Crippen molar-refractivity contribution in [1.29, 1.82) is 0 Å². The molecule has 2 rings (SSSR count). The maximum absolute atomic E-state index is 12.7. The fourth-order valence-electron chi connectivity index (χ4n) is 1.12. The summed E-state index contributed by atoms with van der Waals surface area (Å²) in [5.74, 6) is -0.258. The second-order valence-electron chi connectivity index (χ2n) is 2.55. The SMILES string of the molecule is NCc1cc2cc(F)ccn2n1. The van der Waals surface area contributed by atoms with Gasteiger partial charge >= 0.3 is 0 Å². The number of fused-ring (bicyclic) bond motifs is 1. The molecule has 2 heterocycles. The first-order valence-electron chi connectivity index (χ1n) is 3.63. The third kappa shape index (κ3) is 1.06. The van der Waals surface area contributed by atoms with Crippen LogP contribution in [0.2, 0.25) is 0 Å². The van der Waals surface area contributed by atoms with Crippen LogP contribution in [-0.4, -0.2) is 9.61 Å². The number of rotatable bonds is 1. The van der Waals surface area contributed by atoms with Crippen LogP contribution in [0.5, 0.6) is 0 Å². The van der Waals surface area contributed by atoms with Crippen molar-refractivity contribution < 1.29 is 4.39 Å².